The van der Waals surface area contributed by atoms with Crippen molar-refractivity contribution in [2.24, 2.45) is 10.7 Å². The predicted octanol–water partition coefficient (Wildman–Crippen LogP) is 9.22. The summed E-state index contributed by atoms with van der Waals surface area (Å²) in [6, 6.07) is 20.0. The minimum absolute atomic E-state index is 0. The van der Waals surface area contributed by atoms with Gasteiger partial charge < -0.3 is 50.0 Å². The maximum atomic E-state index is 13.6. The van der Waals surface area contributed by atoms with Gasteiger partial charge in [0.05, 0.1) is 25.7 Å². The van der Waals surface area contributed by atoms with Crippen LogP contribution in [0.25, 0.3) is 12.2 Å². The number of hydrogen-bond donors (Lipinski definition) is 5. The Morgan fingerprint density at radius 1 is 0.753 bits per heavy atom. The van der Waals surface area contributed by atoms with Crippen LogP contribution in [-0.2, 0) is 23.9 Å². The Labute approximate surface area is 433 Å². The van der Waals surface area contributed by atoms with Crippen molar-refractivity contribution in [2.45, 2.75) is 111 Å². The number of carbonyl (C=O) groups excluding carboxylic acids is 5. The van der Waals surface area contributed by atoms with E-state index in [1.165, 1.54) is 68.1 Å². The minimum Gasteiger partial charge on any atom is -0.478 e. The van der Waals surface area contributed by atoms with Gasteiger partial charge in [0.25, 0.3) is 11.8 Å². The molecular weight excluding hydrogens is 933 g/mol. The number of nitrogens with zero attached hydrogens (tertiary/aromatic N) is 2. The van der Waals surface area contributed by atoms with Gasteiger partial charge in [-0.3, -0.25) is 29.0 Å². The normalized spacial score (nSPS) is 13.4. The van der Waals surface area contributed by atoms with Gasteiger partial charge in [-0.25, -0.2) is 4.79 Å². The molecule has 0 saturated heterocycles. The number of aliphatic imine (C=N–C) groups is 1. The molecule has 0 bridgehead atoms. The lowest BCUT2D eigenvalue weighted by Gasteiger charge is -2.32. The molecule has 6 rings (SSSR count). The summed E-state index contributed by atoms with van der Waals surface area (Å²) in [7, 11) is 3.19. The zero-order valence-electron chi connectivity index (χ0n) is 41.7. The first-order valence-corrected chi connectivity index (χ1v) is 24.1. The summed E-state index contributed by atoms with van der Waals surface area (Å²) in [4.78, 5) is 76.2. The number of carbonyl (C=O) groups is 6. The molecular formula is C56H82N6O11. The Morgan fingerprint density at radius 3 is 1.64 bits per heavy atom. The molecule has 6 N–H and O–H groups in total. The van der Waals surface area contributed by atoms with Crippen LogP contribution in [-0.4, -0.2) is 118 Å². The molecule has 0 spiro atoms. The zero-order chi connectivity index (χ0) is 52.1. The molecule has 17 heteroatoms. The van der Waals surface area contributed by atoms with E-state index in [-0.39, 0.29) is 57.7 Å². The molecule has 4 amide bonds. The number of carboxylic acid groups (broad SMARTS) is 1. The summed E-state index contributed by atoms with van der Waals surface area (Å²) in [6.45, 7) is 10.2. The molecule has 2 aromatic carbocycles. The van der Waals surface area contributed by atoms with Crippen LogP contribution in [0.3, 0.4) is 0 Å². The molecule has 2 fully saturated rings. The smallest absolute Gasteiger partial charge is 0.328 e. The van der Waals surface area contributed by atoms with Gasteiger partial charge in [0.2, 0.25) is 11.8 Å². The second kappa shape index (κ2) is 40.6. The monoisotopic (exact) mass is 1010 g/mol. The highest BCUT2D eigenvalue weighted by Crippen LogP contribution is 2.25. The van der Waals surface area contributed by atoms with Crippen LogP contribution in [0.4, 0.5) is 0 Å². The Balaban J connectivity index is 0.00000110. The number of methoxy groups -OCH3 is 2. The Bertz CT molecular complexity index is 2160. The predicted molar refractivity (Wildman–Crippen MR) is 290 cm³/mol. The van der Waals surface area contributed by atoms with E-state index in [1.54, 1.807) is 93.1 Å². The fourth-order valence-electron chi connectivity index (χ4n) is 7.17. The fourth-order valence-corrected chi connectivity index (χ4v) is 7.17. The molecule has 2 heterocycles. The van der Waals surface area contributed by atoms with Crippen LogP contribution >= 0.6 is 0 Å². The second-order valence-electron chi connectivity index (χ2n) is 16.1. The number of nitrogens with one attached hydrogen (secondary N) is 3. The summed E-state index contributed by atoms with van der Waals surface area (Å²) in [6.07, 6.45) is 21.1. The number of aliphatic carboxylic acids is 1. The second-order valence-corrected chi connectivity index (χ2v) is 16.1. The number of carboxylic acids is 1. The Kier molecular flexibility index (Phi) is 36.8. The first-order chi connectivity index (χ1) is 34.4. The van der Waals surface area contributed by atoms with E-state index in [4.69, 9.17) is 24.4 Å². The summed E-state index contributed by atoms with van der Waals surface area (Å²) in [5, 5.41) is 16.8. The van der Waals surface area contributed by atoms with E-state index in [0.717, 1.165) is 38.0 Å². The van der Waals surface area contributed by atoms with Crippen LogP contribution in [0.5, 0.6) is 0 Å². The topological polar surface area (TPSA) is 245 Å². The maximum absolute atomic E-state index is 13.6. The molecule has 2 aromatic heterocycles. The standard InChI is InChI=1S/C27H35N3O5.C10H11NO2.C7H13N.C7H6O3.C3H9NO.2CH4/c1-3-28-26(32)21-13-11-20(12-14-21)25(27(33)29-22-8-5-4-6-9-22)30(17-19-34-2)24(31)16-15-23-10-7-18-35-23;1-2-11-10(13)9-5-3-8(7-12)4-6-9;1-8-7-5-3-2-4-6-7;8-7(9)4-3-6-2-1-5-10-6;1-5-3-2-4;;/h7,10-16,18,22,25H,3-6,8-9,17,19H2,1-2H3,(H,28,32)(H,29,33);3-7H,2H2,1H3,(H,11,13);7H,1-6H2;1-5H,(H,8,9);2-4H2,1H3;2*1H4/b16-15+;;;4-3+;;;. The Morgan fingerprint density at radius 2 is 1.25 bits per heavy atom. The van der Waals surface area contributed by atoms with Crippen molar-refractivity contribution in [3.8, 4) is 0 Å². The number of benzene rings is 2. The Hall–Kier alpha value is -6.95. The fraction of sp³-hybridized carbons (Fsp3) is 0.446. The molecule has 2 aliphatic carbocycles. The van der Waals surface area contributed by atoms with Crippen LogP contribution < -0.4 is 21.7 Å². The average Bonchev–Trinajstić information content (AvgIpc) is 4.14. The van der Waals surface area contributed by atoms with Gasteiger partial charge in [-0.2, -0.15) is 0 Å². The van der Waals surface area contributed by atoms with Gasteiger partial charge >= 0.3 is 5.97 Å². The summed E-state index contributed by atoms with van der Waals surface area (Å²) >= 11 is 0. The van der Waals surface area contributed by atoms with E-state index in [9.17, 15) is 28.8 Å². The lowest BCUT2D eigenvalue weighted by molar-refractivity contribution is -0.138. The molecule has 1 unspecified atom stereocenters. The van der Waals surface area contributed by atoms with Crippen molar-refractivity contribution >= 4 is 54.8 Å². The molecule has 0 aliphatic heterocycles. The summed E-state index contributed by atoms with van der Waals surface area (Å²) in [5.41, 5.74) is 7.29. The highest BCUT2D eigenvalue weighted by Gasteiger charge is 2.32. The maximum Gasteiger partial charge on any atom is 0.328 e. The molecule has 4 aromatic rings. The molecule has 0 radical (unpaired) electrons. The van der Waals surface area contributed by atoms with Gasteiger partial charge in [-0.15, -0.1) is 0 Å². The molecule has 17 nitrogen and oxygen atoms in total. The SMILES string of the molecule is C.C.C=NC1CCCCC1.CCNC(=O)c1ccc(C(C(=O)NC2CCCCC2)N(CCOC)C(=O)/C=C/c2ccco2)cc1.CCNC(=O)c1ccc(C=O)cc1.COCCN.O=C(O)/C=C/c1ccco1. The van der Waals surface area contributed by atoms with Crippen molar-refractivity contribution in [1.29, 1.82) is 0 Å². The lowest BCUT2D eigenvalue weighted by atomic mass is 9.94. The molecule has 2 aliphatic rings. The first-order valence-electron chi connectivity index (χ1n) is 24.1. The van der Waals surface area contributed by atoms with Gasteiger partial charge in [-0.1, -0.05) is 77.6 Å². The number of nitrogens with two attached hydrogens (primary N) is 1. The number of amides is 4. The van der Waals surface area contributed by atoms with Crippen LogP contribution in [0.2, 0.25) is 0 Å². The highest BCUT2D eigenvalue weighted by molar-refractivity contribution is 5.97. The third kappa shape index (κ3) is 27.5. The summed E-state index contributed by atoms with van der Waals surface area (Å²) < 4.78 is 19.9. The highest BCUT2D eigenvalue weighted by atomic mass is 16.5. The number of aldehydes is 1. The number of furan rings is 2. The third-order valence-corrected chi connectivity index (χ3v) is 10.8. The van der Waals surface area contributed by atoms with Crippen molar-refractivity contribution in [2.75, 3.05) is 53.6 Å². The van der Waals surface area contributed by atoms with E-state index in [0.29, 0.717) is 66.1 Å². The van der Waals surface area contributed by atoms with Crippen molar-refractivity contribution in [1.82, 2.24) is 20.9 Å². The van der Waals surface area contributed by atoms with E-state index in [2.05, 4.69) is 32.4 Å². The van der Waals surface area contributed by atoms with Crippen molar-refractivity contribution in [3.63, 3.8) is 0 Å². The molecule has 1 atom stereocenters. The number of ether oxygens (including phenoxy) is 2. The molecule has 73 heavy (non-hydrogen) atoms. The largest absolute Gasteiger partial charge is 0.478 e. The average molecular weight is 1020 g/mol. The first kappa shape index (κ1) is 66.0. The van der Waals surface area contributed by atoms with Crippen molar-refractivity contribution < 1.29 is 52.2 Å². The van der Waals surface area contributed by atoms with E-state index in [1.807, 2.05) is 13.8 Å². The third-order valence-electron chi connectivity index (χ3n) is 10.8. The molecule has 2 saturated carbocycles. The zero-order valence-corrected chi connectivity index (χ0v) is 41.7. The number of rotatable bonds is 19. The summed E-state index contributed by atoms with van der Waals surface area (Å²) in [5.74, 6) is -0.761. The van der Waals surface area contributed by atoms with Crippen LogP contribution in [0.15, 0.2) is 111 Å². The molecule has 402 valence electrons. The van der Waals surface area contributed by atoms with E-state index >= 15 is 0 Å². The van der Waals surface area contributed by atoms with Gasteiger partial charge in [0.1, 0.15) is 23.8 Å². The van der Waals surface area contributed by atoms with E-state index < -0.39 is 12.0 Å². The van der Waals surface area contributed by atoms with Gasteiger partial charge in [0, 0.05) is 81.3 Å². The lowest BCUT2D eigenvalue weighted by Crippen LogP contribution is -2.47. The van der Waals surface area contributed by atoms with Crippen LogP contribution in [0, 0.1) is 0 Å². The van der Waals surface area contributed by atoms with Gasteiger partial charge in [-0.05, 0) is 112 Å². The number of hydrogen-bond acceptors (Lipinski definition) is 12. The quantitative estimate of drug-likeness (QED) is 0.0335. The van der Waals surface area contributed by atoms with Crippen molar-refractivity contribution in [3.05, 3.63) is 131 Å². The van der Waals surface area contributed by atoms with Gasteiger partial charge in [0.15, 0.2) is 0 Å². The minimum atomic E-state index is -0.976. The van der Waals surface area contributed by atoms with Crippen LogP contribution in [0.1, 0.15) is 147 Å².